The molecule has 1 aliphatic rings. The second-order valence-corrected chi connectivity index (χ2v) is 5.73. The Balaban J connectivity index is 2.22. The van der Waals surface area contributed by atoms with E-state index in [1.165, 1.54) is 0 Å². The number of carbonyl (C=O) groups is 1. The van der Waals surface area contributed by atoms with Gasteiger partial charge in [-0.15, -0.1) is 0 Å². The lowest BCUT2D eigenvalue weighted by Crippen LogP contribution is -2.44. The summed E-state index contributed by atoms with van der Waals surface area (Å²) in [6.07, 6.45) is 0. The van der Waals surface area contributed by atoms with E-state index in [4.69, 9.17) is 0 Å². The highest BCUT2D eigenvalue weighted by atomic mass is 79.9. The Bertz CT molecular complexity index is 467. The maximum atomic E-state index is 12.4. The summed E-state index contributed by atoms with van der Waals surface area (Å²) in [6, 6.07) is 7.75. The molecule has 2 rings (SSSR count). The molecule has 0 bridgehead atoms. The molecule has 18 heavy (non-hydrogen) atoms. The molecule has 1 aliphatic heterocycles. The molecule has 1 aromatic carbocycles. The van der Waals surface area contributed by atoms with Crippen LogP contribution < -0.4 is 0 Å². The molecule has 1 fully saturated rings. The predicted octanol–water partition coefficient (Wildman–Crippen LogP) is 3.09. The van der Waals surface area contributed by atoms with Crippen LogP contribution in [-0.2, 0) is 0 Å². The van der Waals surface area contributed by atoms with Gasteiger partial charge in [0.1, 0.15) is 0 Å². The third kappa shape index (κ3) is 2.65. The van der Waals surface area contributed by atoms with Crippen molar-refractivity contribution in [1.82, 2.24) is 10.0 Å². The normalized spacial score (nSPS) is 16.7. The number of halogens is 1. The summed E-state index contributed by atoms with van der Waals surface area (Å²) in [5, 5.41) is 3.85. The Kier molecular flexibility index (Phi) is 3.88. The topological polar surface area (TPSA) is 23.6 Å². The molecule has 0 aromatic heterocycles. The number of hydrazine groups is 1. The van der Waals surface area contributed by atoms with E-state index in [9.17, 15) is 4.79 Å². The molecule has 1 heterocycles. The van der Waals surface area contributed by atoms with Crippen LogP contribution in [0.15, 0.2) is 40.9 Å². The molecule has 0 radical (unpaired) electrons. The van der Waals surface area contributed by atoms with Crippen LogP contribution in [-0.4, -0.2) is 35.1 Å². The summed E-state index contributed by atoms with van der Waals surface area (Å²) in [7, 11) is 0. The summed E-state index contributed by atoms with van der Waals surface area (Å²) >= 11 is 3.37. The van der Waals surface area contributed by atoms with Crippen LogP contribution in [0, 0.1) is 0 Å². The number of amides is 1. The molecule has 3 nitrogen and oxygen atoms in total. The van der Waals surface area contributed by atoms with E-state index in [0.717, 1.165) is 16.6 Å². The molecule has 0 aliphatic carbocycles. The summed E-state index contributed by atoms with van der Waals surface area (Å²) in [6.45, 7) is 9.53. The van der Waals surface area contributed by atoms with Gasteiger partial charge < -0.3 is 0 Å². The minimum absolute atomic E-state index is 0.0369. The van der Waals surface area contributed by atoms with Crippen molar-refractivity contribution in [1.29, 1.82) is 0 Å². The van der Waals surface area contributed by atoms with E-state index in [0.29, 0.717) is 18.2 Å². The number of hydrogen-bond donors (Lipinski definition) is 0. The first kappa shape index (κ1) is 13.3. The molecule has 0 N–H and O–H groups in total. The van der Waals surface area contributed by atoms with Crippen molar-refractivity contribution in [2.75, 3.05) is 13.1 Å². The third-order valence-electron chi connectivity index (χ3n) is 2.99. The summed E-state index contributed by atoms with van der Waals surface area (Å²) in [5.74, 6) is 0.0369. The molecule has 0 saturated carbocycles. The number of nitrogens with zero attached hydrogens (tertiary/aromatic N) is 2. The van der Waals surface area contributed by atoms with Crippen LogP contribution in [0.4, 0.5) is 0 Å². The van der Waals surface area contributed by atoms with Crippen LogP contribution in [0.3, 0.4) is 0 Å². The molecule has 96 valence electrons. The van der Waals surface area contributed by atoms with E-state index >= 15 is 0 Å². The van der Waals surface area contributed by atoms with Crippen molar-refractivity contribution in [3.05, 3.63) is 46.5 Å². The number of hydrogen-bond acceptors (Lipinski definition) is 2. The van der Waals surface area contributed by atoms with Crippen LogP contribution in [0.5, 0.6) is 0 Å². The highest BCUT2D eigenvalue weighted by Crippen LogP contribution is 2.21. The molecule has 0 unspecified atom stereocenters. The van der Waals surface area contributed by atoms with Gasteiger partial charge in [-0.1, -0.05) is 22.5 Å². The minimum Gasteiger partial charge on any atom is -0.268 e. The zero-order valence-corrected chi connectivity index (χ0v) is 12.3. The smallest absolute Gasteiger partial charge is 0.268 e. The van der Waals surface area contributed by atoms with E-state index < -0.39 is 0 Å². The Hall–Kier alpha value is -1.13. The van der Waals surface area contributed by atoms with Gasteiger partial charge in [-0.25, -0.2) is 5.01 Å². The van der Waals surface area contributed by atoms with Crippen molar-refractivity contribution in [3.63, 3.8) is 0 Å². The lowest BCUT2D eigenvalue weighted by Gasteiger charge is -2.30. The van der Waals surface area contributed by atoms with Crippen molar-refractivity contribution in [2.45, 2.75) is 19.9 Å². The van der Waals surface area contributed by atoms with Crippen molar-refractivity contribution < 1.29 is 4.79 Å². The zero-order chi connectivity index (χ0) is 13.3. The molecule has 0 atom stereocenters. The van der Waals surface area contributed by atoms with Gasteiger partial charge in [0.2, 0.25) is 0 Å². The summed E-state index contributed by atoms with van der Waals surface area (Å²) < 4.78 is 0.977. The van der Waals surface area contributed by atoms with Gasteiger partial charge in [0.05, 0.1) is 6.54 Å². The fourth-order valence-electron chi connectivity index (χ4n) is 2.06. The fourth-order valence-corrected chi connectivity index (χ4v) is 2.32. The van der Waals surface area contributed by atoms with Gasteiger partial charge in [0.15, 0.2) is 0 Å². The highest BCUT2D eigenvalue weighted by Gasteiger charge is 2.31. The zero-order valence-electron chi connectivity index (χ0n) is 10.7. The van der Waals surface area contributed by atoms with Crippen LogP contribution in [0.1, 0.15) is 24.2 Å². The van der Waals surface area contributed by atoms with Crippen molar-refractivity contribution >= 4 is 21.8 Å². The Labute approximate surface area is 116 Å². The van der Waals surface area contributed by atoms with Gasteiger partial charge >= 0.3 is 0 Å². The summed E-state index contributed by atoms with van der Waals surface area (Å²) in [4.78, 5) is 12.4. The fraction of sp³-hybridized carbons (Fsp3) is 0.357. The first-order valence-corrected chi connectivity index (χ1v) is 6.79. The van der Waals surface area contributed by atoms with E-state index in [1.54, 1.807) is 5.01 Å². The third-order valence-corrected chi connectivity index (χ3v) is 3.52. The quantitative estimate of drug-likeness (QED) is 0.784. The largest absolute Gasteiger partial charge is 0.268 e. The maximum absolute atomic E-state index is 12.4. The van der Waals surface area contributed by atoms with E-state index in [-0.39, 0.29) is 5.91 Å². The molecule has 1 amide bonds. The molecule has 4 heteroatoms. The van der Waals surface area contributed by atoms with Crippen molar-refractivity contribution in [3.8, 4) is 0 Å². The van der Waals surface area contributed by atoms with Gasteiger partial charge in [0, 0.05) is 22.6 Å². The highest BCUT2D eigenvalue weighted by molar-refractivity contribution is 9.10. The van der Waals surface area contributed by atoms with E-state index in [1.807, 2.05) is 24.3 Å². The Morgan fingerprint density at radius 2 is 1.89 bits per heavy atom. The molecule has 0 spiro atoms. The number of carbonyl (C=O) groups excluding carboxylic acids is 1. The van der Waals surface area contributed by atoms with Gasteiger partial charge in [-0.2, -0.15) is 0 Å². The standard InChI is InChI=1S/C14H17BrN2O/c1-10(2)16-8-11(3)9-17(16)14(18)12-4-6-13(15)7-5-12/h4-7,10H,3,8-9H2,1-2H3. The number of rotatable bonds is 2. The van der Waals surface area contributed by atoms with Crippen LogP contribution in [0.2, 0.25) is 0 Å². The Morgan fingerprint density at radius 1 is 1.28 bits per heavy atom. The number of benzene rings is 1. The van der Waals surface area contributed by atoms with Gasteiger partial charge in [-0.05, 0) is 43.7 Å². The average Bonchev–Trinajstić information content (AvgIpc) is 2.71. The lowest BCUT2D eigenvalue weighted by atomic mass is 10.2. The second-order valence-electron chi connectivity index (χ2n) is 4.81. The molecular formula is C14H17BrN2O. The van der Waals surface area contributed by atoms with E-state index in [2.05, 4.69) is 41.4 Å². The van der Waals surface area contributed by atoms with Gasteiger partial charge in [0.25, 0.3) is 5.91 Å². The average molecular weight is 309 g/mol. The first-order chi connectivity index (χ1) is 8.49. The monoisotopic (exact) mass is 308 g/mol. The maximum Gasteiger partial charge on any atom is 0.268 e. The molecular weight excluding hydrogens is 292 g/mol. The summed E-state index contributed by atoms with van der Waals surface area (Å²) in [5.41, 5.74) is 1.78. The SMILES string of the molecule is C=C1CN(C(=O)c2ccc(Br)cc2)N(C(C)C)C1. The predicted molar refractivity (Wildman–Crippen MR) is 76.2 cm³/mol. The van der Waals surface area contributed by atoms with Gasteiger partial charge in [-0.3, -0.25) is 9.80 Å². The molecule has 1 saturated heterocycles. The van der Waals surface area contributed by atoms with Crippen LogP contribution >= 0.6 is 15.9 Å². The second kappa shape index (κ2) is 5.24. The van der Waals surface area contributed by atoms with Crippen molar-refractivity contribution in [2.24, 2.45) is 0 Å². The lowest BCUT2D eigenvalue weighted by molar-refractivity contribution is 0.00489. The van der Waals surface area contributed by atoms with Crippen LogP contribution in [0.25, 0.3) is 0 Å². The minimum atomic E-state index is 0.0369. The first-order valence-electron chi connectivity index (χ1n) is 5.99. The Morgan fingerprint density at radius 3 is 2.44 bits per heavy atom. The molecule has 1 aromatic rings.